The molecule has 0 spiro atoms. The Hall–Kier alpha value is -2.93. The molecular weight excluding hydrogens is 605 g/mol. The number of nitrogens with zero attached hydrogens (tertiary/aromatic N) is 1. The first kappa shape index (κ1) is 32.5. The Balaban J connectivity index is 1.49. The first-order valence-electron chi connectivity index (χ1n) is 15.3. The minimum atomic E-state index is -2.74. The number of amides is 1. The summed E-state index contributed by atoms with van der Waals surface area (Å²) < 4.78 is 7.18. The third kappa shape index (κ3) is 6.54. The fourth-order valence-electron chi connectivity index (χ4n) is 6.86. The minimum absolute atomic E-state index is 0.150. The molecule has 4 atom stereocenters. The van der Waals surface area contributed by atoms with Gasteiger partial charge < -0.3 is 14.4 Å². The predicted octanol–water partition coefficient (Wildman–Crippen LogP) is 7.77. The van der Waals surface area contributed by atoms with E-state index < -0.39 is 14.4 Å². The molecule has 3 unspecified atom stereocenters. The van der Waals surface area contributed by atoms with E-state index in [2.05, 4.69) is 76.2 Å². The van der Waals surface area contributed by atoms with Crippen molar-refractivity contribution in [1.29, 1.82) is 0 Å². The summed E-state index contributed by atoms with van der Waals surface area (Å²) in [5.41, 5.74) is 1.96. The van der Waals surface area contributed by atoms with E-state index in [1.54, 1.807) is 0 Å². The summed E-state index contributed by atoms with van der Waals surface area (Å²) in [6.45, 7) is 9.31. The first-order chi connectivity index (χ1) is 21.0. The van der Waals surface area contributed by atoms with Crippen molar-refractivity contribution >= 4 is 47.8 Å². The molecule has 1 aliphatic heterocycles. The SMILES string of the molecule is C[C@@H](CCO[Si](c1ccccc1)(c1ccccc1)C(C)(C)C)N1C(=O)C(O)CC(c2cccc(Cl)c2)C1c1ccc(Cl)cc1. The molecule has 4 aromatic rings. The van der Waals surface area contributed by atoms with Crippen LogP contribution in [0.15, 0.2) is 109 Å². The van der Waals surface area contributed by atoms with Crippen molar-refractivity contribution in [2.45, 2.75) is 69.7 Å². The Kier molecular flexibility index (Phi) is 10.0. The van der Waals surface area contributed by atoms with Gasteiger partial charge in [0, 0.05) is 28.6 Å². The number of hydrogen-bond acceptors (Lipinski definition) is 3. The van der Waals surface area contributed by atoms with Gasteiger partial charge in [0.15, 0.2) is 0 Å². The van der Waals surface area contributed by atoms with E-state index in [-0.39, 0.29) is 28.9 Å². The van der Waals surface area contributed by atoms with Crippen LogP contribution in [0.1, 0.15) is 63.6 Å². The molecule has 0 radical (unpaired) electrons. The van der Waals surface area contributed by atoms with Gasteiger partial charge in [-0.1, -0.05) is 129 Å². The molecule has 1 heterocycles. The summed E-state index contributed by atoms with van der Waals surface area (Å²) in [5.74, 6) is -0.413. The Bertz CT molecular complexity index is 1500. The van der Waals surface area contributed by atoms with Crippen LogP contribution in [0.5, 0.6) is 0 Å². The number of rotatable bonds is 9. The average molecular weight is 647 g/mol. The van der Waals surface area contributed by atoms with Crippen LogP contribution in [-0.4, -0.2) is 43.0 Å². The number of carbonyl (C=O) groups is 1. The normalized spacial score (nSPS) is 20.0. The van der Waals surface area contributed by atoms with Crippen LogP contribution >= 0.6 is 23.2 Å². The molecule has 7 heteroatoms. The second-order valence-electron chi connectivity index (χ2n) is 12.8. The highest BCUT2D eigenvalue weighted by molar-refractivity contribution is 6.99. The van der Waals surface area contributed by atoms with Gasteiger partial charge in [0.25, 0.3) is 14.2 Å². The number of aliphatic hydroxyl groups excluding tert-OH is 1. The molecule has 4 nitrogen and oxygen atoms in total. The second kappa shape index (κ2) is 13.6. The third-order valence-corrected chi connectivity index (χ3v) is 14.5. The van der Waals surface area contributed by atoms with Crippen molar-refractivity contribution in [3.63, 3.8) is 0 Å². The quantitative estimate of drug-likeness (QED) is 0.189. The van der Waals surface area contributed by atoms with E-state index in [1.165, 1.54) is 10.4 Å². The summed E-state index contributed by atoms with van der Waals surface area (Å²) in [6.07, 6.45) is -0.189. The van der Waals surface area contributed by atoms with Crippen LogP contribution in [0.2, 0.25) is 15.1 Å². The van der Waals surface area contributed by atoms with E-state index in [4.69, 9.17) is 27.6 Å². The molecule has 4 aromatic carbocycles. The maximum absolute atomic E-state index is 13.8. The molecule has 1 amide bonds. The van der Waals surface area contributed by atoms with Gasteiger partial charge in [-0.2, -0.15) is 0 Å². The predicted molar refractivity (Wildman–Crippen MR) is 184 cm³/mol. The maximum Gasteiger partial charge on any atom is 0.261 e. The van der Waals surface area contributed by atoms with Crippen LogP contribution in [0.25, 0.3) is 0 Å². The van der Waals surface area contributed by atoms with Gasteiger partial charge in [0.1, 0.15) is 6.10 Å². The van der Waals surface area contributed by atoms with Gasteiger partial charge >= 0.3 is 0 Å². The molecule has 0 bridgehead atoms. The van der Waals surface area contributed by atoms with E-state index >= 15 is 0 Å². The zero-order valence-electron chi connectivity index (χ0n) is 25.8. The number of halogens is 2. The fraction of sp³-hybridized carbons (Fsp3) is 0.324. The van der Waals surface area contributed by atoms with Crippen molar-refractivity contribution in [3.8, 4) is 0 Å². The molecule has 1 N–H and O–H groups in total. The molecular formula is C37H41Cl2NO3Si. The van der Waals surface area contributed by atoms with Crippen LogP contribution in [0.4, 0.5) is 0 Å². The highest BCUT2D eigenvalue weighted by Crippen LogP contribution is 2.45. The van der Waals surface area contributed by atoms with Crippen LogP contribution in [-0.2, 0) is 9.22 Å². The Morgan fingerprint density at radius 2 is 1.43 bits per heavy atom. The summed E-state index contributed by atoms with van der Waals surface area (Å²) in [7, 11) is -2.74. The molecule has 0 saturated carbocycles. The van der Waals surface area contributed by atoms with Crippen molar-refractivity contribution in [3.05, 3.63) is 130 Å². The van der Waals surface area contributed by atoms with E-state index in [1.807, 2.05) is 65.6 Å². The number of benzene rings is 4. The molecule has 0 aliphatic carbocycles. The fourth-order valence-corrected chi connectivity index (χ4v) is 11.8. The van der Waals surface area contributed by atoms with Gasteiger partial charge in [0.05, 0.1) is 6.04 Å². The van der Waals surface area contributed by atoms with Crippen molar-refractivity contribution in [2.75, 3.05) is 6.61 Å². The lowest BCUT2D eigenvalue weighted by atomic mass is 9.78. The largest absolute Gasteiger partial charge is 0.407 e. The number of likely N-dealkylation sites (tertiary alicyclic amines) is 1. The lowest BCUT2D eigenvalue weighted by molar-refractivity contribution is -0.152. The zero-order chi connectivity index (χ0) is 31.5. The highest BCUT2D eigenvalue weighted by Gasteiger charge is 2.50. The van der Waals surface area contributed by atoms with E-state index in [0.29, 0.717) is 29.5 Å². The summed E-state index contributed by atoms with van der Waals surface area (Å²) in [4.78, 5) is 15.7. The van der Waals surface area contributed by atoms with Crippen LogP contribution < -0.4 is 10.4 Å². The molecule has 230 valence electrons. The Labute approximate surface area is 272 Å². The van der Waals surface area contributed by atoms with Gasteiger partial charge in [-0.05, 0) is 70.6 Å². The molecule has 5 rings (SSSR count). The number of aliphatic hydroxyl groups is 1. The topological polar surface area (TPSA) is 49.8 Å². The highest BCUT2D eigenvalue weighted by atomic mass is 35.5. The molecule has 1 fully saturated rings. The molecule has 1 aliphatic rings. The zero-order valence-corrected chi connectivity index (χ0v) is 28.3. The first-order valence-corrected chi connectivity index (χ1v) is 18.0. The molecule has 1 saturated heterocycles. The maximum atomic E-state index is 13.8. The minimum Gasteiger partial charge on any atom is -0.407 e. The van der Waals surface area contributed by atoms with Crippen molar-refractivity contribution in [1.82, 2.24) is 4.90 Å². The third-order valence-electron chi connectivity index (χ3n) is 8.93. The lowest BCUT2D eigenvalue weighted by Gasteiger charge is -2.47. The Morgan fingerprint density at radius 1 is 0.841 bits per heavy atom. The molecule has 0 aromatic heterocycles. The van der Waals surface area contributed by atoms with Crippen molar-refractivity contribution < 1.29 is 14.3 Å². The number of piperidine rings is 1. The number of carbonyl (C=O) groups excluding carboxylic acids is 1. The van der Waals surface area contributed by atoms with Gasteiger partial charge in [-0.15, -0.1) is 0 Å². The van der Waals surface area contributed by atoms with Crippen LogP contribution in [0, 0.1) is 0 Å². The summed E-state index contributed by atoms with van der Waals surface area (Å²) in [6, 6.07) is 36.0. The monoisotopic (exact) mass is 645 g/mol. The van der Waals surface area contributed by atoms with Crippen molar-refractivity contribution in [2.24, 2.45) is 0 Å². The van der Waals surface area contributed by atoms with Gasteiger partial charge in [0.2, 0.25) is 0 Å². The molecule has 44 heavy (non-hydrogen) atoms. The second-order valence-corrected chi connectivity index (χ2v) is 18.0. The van der Waals surface area contributed by atoms with Gasteiger partial charge in [-0.25, -0.2) is 0 Å². The van der Waals surface area contributed by atoms with E-state index in [0.717, 1.165) is 11.1 Å². The number of hydrogen-bond donors (Lipinski definition) is 1. The lowest BCUT2D eigenvalue weighted by Crippen LogP contribution is -2.66. The standard InChI is InChI=1S/C37H41Cl2NO3Si/c1-26(22-23-43-44(37(2,3)4,31-14-7-5-8-15-31)32-16-9-6-10-17-32)40-35(27-18-20-29(38)21-19-27)33(25-34(41)36(40)42)28-12-11-13-30(39)24-28/h5-21,24,26,33-35,41H,22-23,25H2,1-4H3/t26-,33?,34?,35?/m0/s1. The Morgan fingerprint density at radius 3 is 1.98 bits per heavy atom. The van der Waals surface area contributed by atoms with Gasteiger partial charge in [-0.3, -0.25) is 4.79 Å². The van der Waals surface area contributed by atoms with Crippen LogP contribution in [0.3, 0.4) is 0 Å². The van der Waals surface area contributed by atoms with E-state index in [9.17, 15) is 9.90 Å². The summed E-state index contributed by atoms with van der Waals surface area (Å²) >= 11 is 12.7. The summed E-state index contributed by atoms with van der Waals surface area (Å²) in [5, 5.41) is 14.6. The average Bonchev–Trinajstić information content (AvgIpc) is 3.01. The smallest absolute Gasteiger partial charge is 0.261 e.